The van der Waals surface area contributed by atoms with Crippen molar-refractivity contribution in [3.63, 3.8) is 0 Å². The number of hydrogen-bond donors (Lipinski definition) is 0. The fourth-order valence-electron chi connectivity index (χ4n) is 0.596. The van der Waals surface area contributed by atoms with Crippen LogP contribution >= 0.6 is 23.5 Å². The second kappa shape index (κ2) is 2.71. The van der Waals surface area contributed by atoms with Crippen LogP contribution in [0.2, 0.25) is 0 Å². The summed E-state index contributed by atoms with van der Waals surface area (Å²) in [6, 6.07) is 0. The van der Waals surface area contributed by atoms with Crippen LogP contribution in [0.4, 0.5) is 0 Å². The molecule has 0 aliphatic carbocycles. The van der Waals surface area contributed by atoms with E-state index in [1.807, 2.05) is 6.92 Å². The topological polar surface area (TPSA) is 29.4 Å². The highest BCUT2D eigenvalue weighted by Crippen LogP contribution is 2.25. The van der Waals surface area contributed by atoms with Crippen molar-refractivity contribution in [2.24, 2.45) is 4.40 Å². The molecular formula is C5H6ClNOS. The quantitative estimate of drug-likeness (QED) is 0.550. The van der Waals surface area contributed by atoms with Crippen LogP contribution in [0.5, 0.6) is 0 Å². The Labute approximate surface area is 62.8 Å². The lowest BCUT2D eigenvalue weighted by molar-refractivity contribution is -0.112. The highest BCUT2D eigenvalue weighted by Gasteiger charge is 2.26. The average Bonchev–Trinajstić information content (AvgIpc) is 2.15. The Balaban J connectivity index is 2.62. The predicted octanol–water partition coefficient (Wildman–Crippen LogP) is 1.63. The fraction of sp³-hybridized carbons (Fsp3) is 0.600. The van der Waals surface area contributed by atoms with Crippen molar-refractivity contribution >= 4 is 34.5 Å². The van der Waals surface area contributed by atoms with Crippen LogP contribution in [0.3, 0.4) is 0 Å². The molecule has 0 aromatic carbocycles. The van der Waals surface area contributed by atoms with Crippen LogP contribution < -0.4 is 0 Å². The number of hydrogen-bond acceptors (Lipinski definition) is 3. The molecule has 50 valence electrons. The van der Waals surface area contributed by atoms with Crippen LogP contribution in [0.25, 0.3) is 0 Å². The van der Waals surface area contributed by atoms with E-state index >= 15 is 0 Å². The van der Waals surface area contributed by atoms with Crippen molar-refractivity contribution < 1.29 is 4.79 Å². The van der Waals surface area contributed by atoms with Gasteiger partial charge < -0.3 is 0 Å². The molecule has 0 aromatic heterocycles. The summed E-state index contributed by atoms with van der Waals surface area (Å²) in [6.45, 7) is 1.95. The number of carbonyl (C=O) groups is 1. The van der Waals surface area contributed by atoms with Gasteiger partial charge in [-0.2, -0.15) is 4.40 Å². The lowest BCUT2D eigenvalue weighted by atomic mass is 10.2. The Kier molecular flexibility index (Phi) is 2.13. The number of nitrogens with zero attached hydrogens (tertiary/aromatic N) is 1. The van der Waals surface area contributed by atoms with Gasteiger partial charge in [0, 0.05) is 0 Å². The van der Waals surface area contributed by atoms with Crippen molar-refractivity contribution in [2.75, 3.05) is 0 Å². The van der Waals surface area contributed by atoms with Gasteiger partial charge in [0.05, 0.1) is 5.25 Å². The highest BCUT2D eigenvalue weighted by atomic mass is 35.5. The summed E-state index contributed by atoms with van der Waals surface area (Å²) in [5.41, 5.74) is 0. The Morgan fingerprint density at radius 3 is 2.78 bits per heavy atom. The largest absolute Gasteiger partial charge is 0.290 e. The molecule has 0 radical (unpaired) electrons. The van der Waals surface area contributed by atoms with Crippen molar-refractivity contribution in [3.8, 4) is 0 Å². The molecule has 1 aliphatic heterocycles. The maximum absolute atomic E-state index is 10.9. The van der Waals surface area contributed by atoms with Gasteiger partial charge in [-0.3, -0.25) is 4.79 Å². The molecule has 1 heterocycles. The summed E-state index contributed by atoms with van der Waals surface area (Å²) in [5, 5.41) is 0.129. The first-order chi connectivity index (χ1) is 4.25. The van der Waals surface area contributed by atoms with E-state index in [0.717, 1.165) is 6.42 Å². The normalized spacial score (nSPS) is 26.7. The van der Waals surface area contributed by atoms with E-state index < -0.39 is 0 Å². The van der Waals surface area contributed by atoms with Crippen molar-refractivity contribution in [1.29, 1.82) is 0 Å². The predicted molar refractivity (Wildman–Crippen MR) is 40.0 cm³/mol. The highest BCUT2D eigenvalue weighted by molar-refractivity contribution is 8.00. The number of ketones is 1. The van der Waals surface area contributed by atoms with Crippen LogP contribution in [-0.4, -0.2) is 16.2 Å². The minimum absolute atomic E-state index is 0.0162. The van der Waals surface area contributed by atoms with Crippen LogP contribution in [0.1, 0.15) is 13.3 Å². The zero-order valence-corrected chi connectivity index (χ0v) is 6.50. The van der Waals surface area contributed by atoms with Crippen molar-refractivity contribution in [1.82, 2.24) is 0 Å². The average molecular weight is 164 g/mol. The van der Waals surface area contributed by atoms with Gasteiger partial charge in [-0.25, -0.2) is 0 Å². The zero-order valence-electron chi connectivity index (χ0n) is 4.93. The molecule has 0 saturated heterocycles. The fourth-order valence-corrected chi connectivity index (χ4v) is 1.58. The molecule has 1 aliphatic rings. The van der Waals surface area contributed by atoms with Crippen LogP contribution in [0.15, 0.2) is 4.40 Å². The van der Waals surface area contributed by atoms with Gasteiger partial charge in [-0.1, -0.05) is 18.5 Å². The first kappa shape index (κ1) is 7.09. The van der Waals surface area contributed by atoms with Gasteiger partial charge in [-0.05, 0) is 18.4 Å². The monoisotopic (exact) mass is 163 g/mol. The summed E-state index contributed by atoms with van der Waals surface area (Å²) in [7, 11) is 0. The second-order valence-corrected chi connectivity index (χ2v) is 3.07. The lowest BCUT2D eigenvalue weighted by Gasteiger charge is -1.96. The molecule has 4 heteroatoms. The molecule has 1 unspecified atom stereocenters. The third-order valence-corrected chi connectivity index (χ3v) is 2.59. The van der Waals surface area contributed by atoms with E-state index in [0.29, 0.717) is 0 Å². The molecule has 2 nitrogen and oxygen atoms in total. The smallest absolute Gasteiger partial charge is 0.208 e. The van der Waals surface area contributed by atoms with Gasteiger partial charge in [0.15, 0.2) is 5.17 Å². The molecule has 0 saturated carbocycles. The van der Waals surface area contributed by atoms with E-state index in [9.17, 15) is 4.79 Å². The number of halogens is 1. The summed E-state index contributed by atoms with van der Waals surface area (Å²) in [4.78, 5) is 10.9. The van der Waals surface area contributed by atoms with E-state index in [1.165, 1.54) is 11.9 Å². The molecule has 1 rings (SSSR count). The lowest BCUT2D eigenvalue weighted by Crippen LogP contribution is -2.15. The Morgan fingerprint density at radius 2 is 2.56 bits per heavy atom. The Hall–Kier alpha value is -0.0200. The van der Waals surface area contributed by atoms with Gasteiger partial charge in [0.2, 0.25) is 5.78 Å². The molecule has 0 aromatic rings. The summed E-state index contributed by atoms with van der Waals surface area (Å²) >= 11 is 6.68. The molecule has 0 amide bonds. The second-order valence-electron chi connectivity index (χ2n) is 1.75. The Bertz CT molecular complexity index is 168. The summed E-state index contributed by atoms with van der Waals surface area (Å²) < 4.78 is 3.72. The molecular weight excluding hydrogens is 158 g/mol. The minimum Gasteiger partial charge on any atom is -0.290 e. The molecule has 9 heavy (non-hydrogen) atoms. The number of rotatable bonds is 1. The molecule has 0 spiro atoms. The standard InChI is InChI=1S/C5H6ClNOS/c1-2-3-4(8)5(6)7-9-3/h3H,2H2,1H3. The molecule has 1 atom stereocenters. The molecule has 0 bridgehead atoms. The van der Waals surface area contributed by atoms with Crippen LogP contribution in [0, 0.1) is 0 Å². The molecule has 0 fully saturated rings. The minimum atomic E-state index is -0.0239. The summed E-state index contributed by atoms with van der Waals surface area (Å²) in [6.07, 6.45) is 0.809. The number of carbonyl (C=O) groups excluding carboxylic acids is 1. The zero-order chi connectivity index (χ0) is 6.85. The number of Topliss-reactive ketones (excluding diaryl/α,β-unsaturated/α-hetero) is 1. The van der Waals surface area contributed by atoms with E-state index in [1.54, 1.807) is 0 Å². The van der Waals surface area contributed by atoms with Gasteiger partial charge in [-0.15, -0.1) is 0 Å². The molecule has 0 N–H and O–H groups in total. The maximum Gasteiger partial charge on any atom is 0.208 e. The van der Waals surface area contributed by atoms with Gasteiger partial charge in [0.25, 0.3) is 0 Å². The van der Waals surface area contributed by atoms with Gasteiger partial charge in [0.1, 0.15) is 0 Å². The third kappa shape index (κ3) is 1.27. The third-order valence-electron chi connectivity index (χ3n) is 1.13. The van der Waals surface area contributed by atoms with E-state index in [4.69, 9.17) is 11.6 Å². The SMILES string of the molecule is CCC1SN=C(Cl)C1=O. The van der Waals surface area contributed by atoms with Crippen molar-refractivity contribution in [2.45, 2.75) is 18.6 Å². The Morgan fingerprint density at radius 1 is 1.89 bits per heavy atom. The maximum atomic E-state index is 10.9. The van der Waals surface area contributed by atoms with E-state index in [-0.39, 0.29) is 16.2 Å². The van der Waals surface area contributed by atoms with E-state index in [2.05, 4.69) is 4.40 Å². The van der Waals surface area contributed by atoms with Crippen molar-refractivity contribution in [3.05, 3.63) is 0 Å². The first-order valence-electron chi connectivity index (χ1n) is 2.69. The van der Waals surface area contributed by atoms with Crippen LogP contribution in [-0.2, 0) is 4.79 Å². The first-order valence-corrected chi connectivity index (χ1v) is 3.90. The van der Waals surface area contributed by atoms with Gasteiger partial charge >= 0.3 is 0 Å². The summed E-state index contributed by atoms with van der Waals surface area (Å²) in [5.74, 6) is -0.0239.